The number of carbonyl (C=O) groups is 1. The van der Waals surface area contributed by atoms with Gasteiger partial charge in [0.15, 0.2) is 0 Å². The molecule has 0 fully saturated rings. The van der Waals surface area contributed by atoms with E-state index in [-0.39, 0.29) is 5.03 Å². The molecule has 0 atom stereocenters. The zero-order valence-corrected chi connectivity index (χ0v) is 9.31. The molecule has 78 valence electrons. The van der Waals surface area contributed by atoms with E-state index >= 15 is 0 Å². The number of rotatable bonds is 5. The Hall–Kier alpha value is -1.22. The van der Waals surface area contributed by atoms with E-state index in [0.717, 1.165) is 5.57 Å². The average molecular weight is 216 g/mol. The Kier molecular flexibility index (Phi) is 5.72. The maximum atomic E-state index is 10.3. The number of hydrogen-bond acceptors (Lipinski definition) is 2. The monoisotopic (exact) mass is 215 g/mol. The fraction of sp³-hybridized carbons (Fsp3) is 0.300. The van der Waals surface area contributed by atoms with Crippen LogP contribution in [0.2, 0.25) is 0 Å². The summed E-state index contributed by atoms with van der Waals surface area (Å²) in [6, 6.07) is 0. The van der Waals surface area contributed by atoms with E-state index in [0.29, 0.717) is 17.9 Å². The van der Waals surface area contributed by atoms with Crippen molar-refractivity contribution in [1.82, 2.24) is 5.32 Å². The predicted octanol–water partition coefficient (Wildman–Crippen LogP) is 2.31. The zero-order chi connectivity index (χ0) is 11.1. The minimum Gasteiger partial charge on any atom is -0.497 e. The van der Waals surface area contributed by atoms with Gasteiger partial charge in [0.05, 0.1) is 17.8 Å². The van der Waals surface area contributed by atoms with Gasteiger partial charge >= 0.3 is 0 Å². The molecule has 0 aliphatic heterocycles. The zero-order valence-electron chi connectivity index (χ0n) is 8.56. The number of amides is 1. The first-order valence-corrected chi connectivity index (χ1v) is 4.42. The van der Waals surface area contributed by atoms with Crippen LogP contribution in [0.5, 0.6) is 0 Å². The minimum absolute atomic E-state index is 0.269. The Balaban J connectivity index is 5.17. The Morgan fingerprint density at radius 2 is 2.14 bits per heavy atom. The molecule has 1 N–H and O–H groups in total. The van der Waals surface area contributed by atoms with E-state index in [4.69, 9.17) is 16.3 Å². The van der Waals surface area contributed by atoms with Crippen molar-refractivity contribution in [2.45, 2.75) is 13.8 Å². The highest BCUT2D eigenvalue weighted by Gasteiger charge is 2.08. The SMILES string of the molecule is C=C(Cl)/C(NC=O)=C(C)\C(=C/C)OC. The van der Waals surface area contributed by atoms with Gasteiger partial charge in [0, 0.05) is 5.57 Å². The van der Waals surface area contributed by atoms with Crippen LogP contribution in [0.25, 0.3) is 0 Å². The largest absolute Gasteiger partial charge is 0.497 e. The lowest BCUT2D eigenvalue weighted by Gasteiger charge is -2.11. The maximum absolute atomic E-state index is 10.3. The summed E-state index contributed by atoms with van der Waals surface area (Å²) < 4.78 is 5.09. The number of ether oxygens (including phenoxy) is 1. The second kappa shape index (κ2) is 6.27. The third-order valence-electron chi connectivity index (χ3n) is 1.70. The van der Waals surface area contributed by atoms with Gasteiger partial charge in [0.1, 0.15) is 5.76 Å². The summed E-state index contributed by atoms with van der Waals surface area (Å²) in [6.07, 6.45) is 2.33. The molecule has 0 aliphatic rings. The molecule has 0 heterocycles. The summed E-state index contributed by atoms with van der Waals surface area (Å²) in [7, 11) is 1.55. The van der Waals surface area contributed by atoms with Crippen LogP contribution >= 0.6 is 11.6 Å². The second-order valence-corrected chi connectivity index (χ2v) is 2.98. The molecule has 0 bridgehead atoms. The van der Waals surface area contributed by atoms with Gasteiger partial charge in [-0.3, -0.25) is 4.79 Å². The highest BCUT2D eigenvalue weighted by molar-refractivity contribution is 6.31. The first-order chi connectivity index (χ1) is 6.58. The summed E-state index contributed by atoms with van der Waals surface area (Å²) >= 11 is 5.72. The number of methoxy groups -OCH3 is 1. The summed E-state index contributed by atoms with van der Waals surface area (Å²) in [5, 5.41) is 2.75. The first-order valence-electron chi connectivity index (χ1n) is 4.05. The molecule has 0 aliphatic carbocycles. The average Bonchev–Trinajstić information content (AvgIpc) is 2.15. The third kappa shape index (κ3) is 3.26. The Morgan fingerprint density at radius 1 is 1.57 bits per heavy atom. The minimum atomic E-state index is 0.269. The molecule has 0 radical (unpaired) electrons. The van der Waals surface area contributed by atoms with Crippen molar-refractivity contribution in [2.75, 3.05) is 7.11 Å². The van der Waals surface area contributed by atoms with Crippen molar-refractivity contribution < 1.29 is 9.53 Å². The molecule has 3 nitrogen and oxygen atoms in total. The smallest absolute Gasteiger partial charge is 0.211 e. The predicted molar refractivity (Wildman–Crippen MR) is 57.7 cm³/mol. The van der Waals surface area contributed by atoms with Crippen LogP contribution in [0.1, 0.15) is 13.8 Å². The van der Waals surface area contributed by atoms with Crippen LogP contribution in [-0.2, 0) is 9.53 Å². The van der Waals surface area contributed by atoms with Gasteiger partial charge in [-0.2, -0.15) is 0 Å². The van der Waals surface area contributed by atoms with Gasteiger partial charge in [-0.25, -0.2) is 0 Å². The normalized spacial score (nSPS) is 13.0. The second-order valence-electron chi connectivity index (χ2n) is 2.52. The maximum Gasteiger partial charge on any atom is 0.211 e. The summed E-state index contributed by atoms with van der Waals surface area (Å²) in [6.45, 7) is 7.17. The number of halogens is 1. The van der Waals surface area contributed by atoms with Crippen molar-refractivity contribution in [2.24, 2.45) is 0 Å². The lowest BCUT2D eigenvalue weighted by atomic mass is 10.2. The molecule has 0 saturated carbocycles. The van der Waals surface area contributed by atoms with E-state index < -0.39 is 0 Å². The van der Waals surface area contributed by atoms with Crippen LogP contribution in [0.4, 0.5) is 0 Å². The molecular formula is C10H14ClNO2. The lowest BCUT2D eigenvalue weighted by Crippen LogP contribution is -2.13. The molecule has 0 unspecified atom stereocenters. The molecular weight excluding hydrogens is 202 g/mol. The number of hydrogen-bond donors (Lipinski definition) is 1. The molecule has 1 amide bonds. The number of carbonyl (C=O) groups excluding carboxylic acids is 1. The topological polar surface area (TPSA) is 38.3 Å². The molecule has 0 aromatic heterocycles. The summed E-state index contributed by atoms with van der Waals surface area (Å²) in [5.74, 6) is 0.649. The van der Waals surface area contributed by atoms with Gasteiger partial charge in [0.2, 0.25) is 6.41 Å². The van der Waals surface area contributed by atoms with Gasteiger partial charge < -0.3 is 10.1 Å². The lowest BCUT2D eigenvalue weighted by molar-refractivity contribution is -0.108. The van der Waals surface area contributed by atoms with Gasteiger partial charge in [0.25, 0.3) is 0 Å². The van der Waals surface area contributed by atoms with Crippen LogP contribution in [0.15, 0.2) is 34.7 Å². The van der Waals surface area contributed by atoms with Crippen molar-refractivity contribution in [1.29, 1.82) is 0 Å². The highest BCUT2D eigenvalue weighted by Crippen LogP contribution is 2.19. The van der Waals surface area contributed by atoms with E-state index in [9.17, 15) is 4.79 Å². The van der Waals surface area contributed by atoms with Crippen molar-refractivity contribution in [3.05, 3.63) is 34.7 Å². The van der Waals surface area contributed by atoms with Crippen molar-refractivity contribution >= 4 is 18.0 Å². The van der Waals surface area contributed by atoms with E-state index in [2.05, 4.69) is 11.9 Å². The Morgan fingerprint density at radius 3 is 2.43 bits per heavy atom. The number of allylic oxidation sites excluding steroid dienone is 3. The van der Waals surface area contributed by atoms with Crippen LogP contribution in [0, 0.1) is 0 Å². The van der Waals surface area contributed by atoms with Gasteiger partial charge in [-0.1, -0.05) is 18.2 Å². The highest BCUT2D eigenvalue weighted by atomic mass is 35.5. The molecule has 14 heavy (non-hydrogen) atoms. The quantitative estimate of drug-likeness (QED) is 0.434. The van der Waals surface area contributed by atoms with Crippen LogP contribution in [0.3, 0.4) is 0 Å². The molecule has 0 rings (SSSR count). The van der Waals surface area contributed by atoms with Crippen molar-refractivity contribution in [3.63, 3.8) is 0 Å². The van der Waals surface area contributed by atoms with Gasteiger partial charge in [-0.05, 0) is 19.9 Å². The molecule has 0 aromatic rings. The van der Waals surface area contributed by atoms with Crippen molar-refractivity contribution in [3.8, 4) is 0 Å². The molecule has 0 saturated heterocycles. The fourth-order valence-corrected chi connectivity index (χ4v) is 1.26. The Bertz CT molecular complexity index is 292. The van der Waals surface area contributed by atoms with E-state index in [1.165, 1.54) is 0 Å². The molecule has 4 heteroatoms. The number of nitrogens with one attached hydrogen (secondary N) is 1. The fourth-order valence-electron chi connectivity index (χ4n) is 1.06. The Labute approximate surface area is 89.1 Å². The first kappa shape index (κ1) is 12.8. The van der Waals surface area contributed by atoms with E-state index in [1.54, 1.807) is 20.1 Å². The van der Waals surface area contributed by atoms with Crippen LogP contribution in [-0.4, -0.2) is 13.5 Å². The third-order valence-corrected chi connectivity index (χ3v) is 1.89. The molecule has 0 aromatic carbocycles. The standard InChI is InChI=1S/C10H14ClNO2/c1-5-9(14-4)7(2)10(8(3)11)12-6-13/h5-6H,3H2,1-2,4H3,(H,12,13)/b9-5+,10-7+. The van der Waals surface area contributed by atoms with Crippen LogP contribution < -0.4 is 5.32 Å². The molecule has 0 spiro atoms. The van der Waals surface area contributed by atoms with Gasteiger partial charge in [-0.15, -0.1) is 0 Å². The van der Waals surface area contributed by atoms with E-state index in [1.807, 2.05) is 6.92 Å². The summed E-state index contributed by atoms with van der Waals surface area (Å²) in [4.78, 5) is 10.3. The summed E-state index contributed by atoms with van der Waals surface area (Å²) in [5.41, 5.74) is 1.21.